The number of thioether (sulfide) groups is 1. The highest BCUT2D eigenvalue weighted by Crippen LogP contribution is 2.18. The first-order valence-corrected chi connectivity index (χ1v) is 8.25. The summed E-state index contributed by atoms with van der Waals surface area (Å²) in [6.07, 6.45) is 1.16. The summed E-state index contributed by atoms with van der Waals surface area (Å²) in [5, 5.41) is 9.50. The van der Waals surface area contributed by atoms with E-state index in [9.17, 15) is 0 Å². The van der Waals surface area contributed by atoms with E-state index in [0.29, 0.717) is 0 Å². The molecule has 1 heterocycles. The van der Waals surface area contributed by atoms with Crippen LogP contribution in [0.25, 0.3) is 10.9 Å². The van der Waals surface area contributed by atoms with E-state index in [4.69, 9.17) is 5.10 Å². The Bertz CT molecular complexity index is 463. The van der Waals surface area contributed by atoms with E-state index in [1.165, 1.54) is 22.3 Å². The summed E-state index contributed by atoms with van der Waals surface area (Å²) in [7, 11) is 0. The molecule has 0 spiro atoms. The standard InChI is InChI=1S/C15H23N3S/c1-3-9-16-12-14-13-7-5-6-8-15(13)18(17-14)10-11-19-4-2/h5-8,16H,3-4,9-12H2,1-2H3. The third-order valence-electron chi connectivity index (χ3n) is 3.11. The second-order valence-electron chi connectivity index (χ2n) is 4.56. The van der Waals surface area contributed by atoms with Gasteiger partial charge in [0.15, 0.2) is 0 Å². The van der Waals surface area contributed by atoms with Gasteiger partial charge in [0.25, 0.3) is 0 Å². The molecule has 0 unspecified atom stereocenters. The number of hydrogen-bond acceptors (Lipinski definition) is 3. The molecule has 3 nitrogen and oxygen atoms in total. The molecule has 0 atom stereocenters. The summed E-state index contributed by atoms with van der Waals surface area (Å²) in [6, 6.07) is 8.53. The van der Waals surface area contributed by atoms with Crippen molar-refractivity contribution in [3.63, 3.8) is 0 Å². The maximum atomic E-state index is 4.77. The van der Waals surface area contributed by atoms with Crippen LogP contribution >= 0.6 is 11.8 Å². The number of nitrogens with zero attached hydrogens (tertiary/aromatic N) is 2. The summed E-state index contributed by atoms with van der Waals surface area (Å²) >= 11 is 1.97. The largest absolute Gasteiger partial charge is 0.311 e. The van der Waals surface area contributed by atoms with E-state index < -0.39 is 0 Å². The molecular weight excluding hydrogens is 254 g/mol. The Labute approximate surface area is 119 Å². The van der Waals surface area contributed by atoms with E-state index in [1.54, 1.807) is 0 Å². The average molecular weight is 277 g/mol. The third kappa shape index (κ3) is 3.74. The Kier molecular flexibility index (Phi) is 5.73. The molecule has 0 fully saturated rings. The fourth-order valence-electron chi connectivity index (χ4n) is 2.18. The minimum absolute atomic E-state index is 0.863. The molecule has 0 aliphatic heterocycles. The number of para-hydroxylation sites is 1. The Morgan fingerprint density at radius 2 is 2.11 bits per heavy atom. The number of rotatable bonds is 8. The normalized spacial score (nSPS) is 11.3. The second-order valence-corrected chi connectivity index (χ2v) is 5.95. The predicted octanol–water partition coefficient (Wildman–Crippen LogP) is 3.29. The van der Waals surface area contributed by atoms with Gasteiger partial charge >= 0.3 is 0 Å². The zero-order valence-electron chi connectivity index (χ0n) is 11.9. The molecule has 0 saturated heterocycles. The monoisotopic (exact) mass is 277 g/mol. The van der Waals surface area contributed by atoms with Gasteiger partial charge in [0.05, 0.1) is 17.8 Å². The van der Waals surface area contributed by atoms with E-state index in [2.05, 4.69) is 48.1 Å². The van der Waals surface area contributed by atoms with Crippen molar-refractivity contribution < 1.29 is 0 Å². The first kappa shape index (κ1) is 14.4. The number of aromatic nitrogens is 2. The van der Waals surface area contributed by atoms with Gasteiger partial charge in [-0.15, -0.1) is 0 Å². The lowest BCUT2D eigenvalue weighted by Gasteiger charge is -2.02. The number of aryl methyl sites for hydroxylation is 1. The van der Waals surface area contributed by atoms with Gasteiger partial charge in [-0.3, -0.25) is 4.68 Å². The Morgan fingerprint density at radius 3 is 2.89 bits per heavy atom. The lowest BCUT2D eigenvalue weighted by molar-refractivity contribution is 0.629. The molecule has 2 rings (SSSR count). The predicted molar refractivity (Wildman–Crippen MR) is 84.7 cm³/mol. The summed E-state index contributed by atoms with van der Waals surface area (Å²) < 4.78 is 2.15. The van der Waals surface area contributed by atoms with Gasteiger partial charge in [0, 0.05) is 17.7 Å². The van der Waals surface area contributed by atoms with Crippen molar-refractivity contribution in [1.29, 1.82) is 0 Å². The second kappa shape index (κ2) is 7.56. The SMILES string of the molecule is CCCNCc1nn(CCSCC)c2ccccc12. The molecule has 0 saturated carbocycles. The maximum absolute atomic E-state index is 4.77. The van der Waals surface area contributed by atoms with Crippen LogP contribution in [0.3, 0.4) is 0 Å². The van der Waals surface area contributed by atoms with Crippen LogP contribution in [0.15, 0.2) is 24.3 Å². The molecule has 19 heavy (non-hydrogen) atoms. The minimum atomic E-state index is 0.863. The molecule has 2 aromatic rings. The molecule has 1 aromatic carbocycles. The lowest BCUT2D eigenvalue weighted by atomic mass is 10.2. The van der Waals surface area contributed by atoms with Crippen LogP contribution < -0.4 is 5.32 Å². The number of benzene rings is 1. The van der Waals surface area contributed by atoms with E-state index in [1.807, 2.05) is 11.8 Å². The highest BCUT2D eigenvalue weighted by molar-refractivity contribution is 7.99. The van der Waals surface area contributed by atoms with Crippen molar-refractivity contribution in [3.05, 3.63) is 30.0 Å². The summed E-state index contributed by atoms with van der Waals surface area (Å²) in [6.45, 7) is 7.29. The van der Waals surface area contributed by atoms with E-state index in [-0.39, 0.29) is 0 Å². The molecule has 4 heteroatoms. The molecule has 0 radical (unpaired) electrons. The van der Waals surface area contributed by atoms with Gasteiger partial charge < -0.3 is 5.32 Å². The lowest BCUT2D eigenvalue weighted by Crippen LogP contribution is -2.14. The van der Waals surface area contributed by atoms with E-state index >= 15 is 0 Å². The summed E-state index contributed by atoms with van der Waals surface area (Å²) in [5.41, 5.74) is 2.43. The maximum Gasteiger partial charge on any atom is 0.0841 e. The summed E-state index contributed by atoms with van der Waals surface area (Å²) in [4.78, 5) is 0. The zero-order valence-corrected chi connectivity index (χ0v) is 12.7. The van der Waals surface area contributed by atoms with Crippen molar-refractivity contribution in [2.45, 2.75) is 33.4 Å². The molecular formula is C15H23N3S. The smallest absolute Gasteiger partial charge is 0.0841 e. The molecule has 1 aromatic heterocycles. The molecule has 0 amide bonds. The van der Waals surface area contributed by atoms with Crippen LogP contribution in [-0.4, -0.2) is 27.8 Å². The number of nitrogens with one attached hydrogen (secondary N) is 1. The van der Waals surface area contributed by atoms with Crippen LogP contribution in [0.5, 0.6) is 0 Å². The van der Waals surface area contributed by atoms with Crippen LogP contribution in [0.2, 0.25) is 0 Å². The van der Waals surface area contributed by atoms with Crippen molar-refractivity contribution in [2.24, 2.45) is 0 Å². The fourth-order valence-corrected chi connectivity index (χ4v) is 2.77. The highest BCUT2D eigenvalue weighted by atomic mass is 32.2. The van der Waals surface area contributed by atoms with Gasteiger partial charge in [-0.2, -0.15) is 16.9 Å². The molecule has 0 aliphatic rings. The number of hydrogen-bond donors (Lipinski definition) is 1. The Morgan fingerprint density at radius 1 is 1.26 bits per heavy atom. The zero-order chi connectivity index (χ0) is 13.5. The molecule has 0 bridgehead atoms. The first-order valence-electron chi connectivity index (χ1n) is 7.09. The summed E-state index contributed by atoms with van der Waals surface area (Å²) in [5.74, 6) is 2.30. The van der Waals surface area contributed by atoms with Crippen molar-refractivity contribution >= 4 is 22.7 Å². The van der Waals surface area contributed by atoms with Crippen LogP contribution in [0.1, 0.15) is 26.0 Å². The van der Waals surface area contributed by atoms with E-state index in [0.717, 1.165) is 31.8 Å². The first-order chi connectivity index (χ1) is 9.36. The van der Waals surface area contributed by atoms with Crippen molar-refractivity contribution in [2.75, 3.05) is 18.1 Å². The topological polar surface area (TPSA) is 29.9 Å². The molecule has 1 N–H and O–H groups in total. The average Bonchev–Trinajstić information content (AvgIpc) is 2.79. The molecule has 104 valence electrons. The van der Waals surface area contributed by atoms with Gasteiger partial charge in [0.1, 0.15) is 0 Å². The molecule has 0 aliphatic carbocycles. The minimum Gasteiger partial charge on any atom is -0.311 e. The third-order valence-corrected chi connectivity index (χ3v) is 3.98. The van der Waals surface area contributed by atoms with Crippen LogP contribution in [0.4, 0.5) is 0 Å². The van der Waals surface area contributed by atoms with Gasteiger partial charge in [-0.25, -0.2) is 0 Å². The van der Waals surface area contributed by atoms with Crippen molar-refractivity contribution in [1.82, 2.24) is 15.1 Å². The number of fused-ring (bicyclic) bond motifs is 1. The van der Waals surface area contributed by atoms with Gasteiger partial charge in [-0.05, 0) is 24.8 Å². The van der Waals surface area contributed by atoms with Crippen LogP contribution in [0, 0.1) is 0 Å². The van der Waals surface area contributed by atoms with Gasteiger partial charge in [0.2, 0.25) is 0 Å². The quantitative estimate of drug-likeness (QED) is 0.751. The fraction of sp³-hybridized carbons (Fsp3) is 0.533. The highest BCUT2D eigenvalue weighted by Gasteiger charge is 2.09. The Hall–Kier alpha value is -1.00. The van der Waals surface area contributed by atoms with Crippen molar-refractivity contribution in [3.8, 4) is 0 Å². The Balaban J connectivity index is 2.16. The van der Waals surface area contributed by atoms with Gasteiger partial charge in [-0.1, -0.05) is 32.0 Å². The van der Waals surface area contributed by atoms with Crippen LogP contribution in [-0.2, 0) is 13.1 Å².